The topological polar surface area (TPSA) is 58.4 Å². The van der Waals surface area contributed by atoms with Gasteiger partial charge in [0.1, 0.15) is 0 Å². The van der Waals surface area contributed by atoms with Crippen LogP contribution in [-0.4, -0.2) is 36.0 Å². The Morgan fingerprint density at radius 1 is 1.45 bits per heavy atom. The maximum atomic E-state index is 12.3. The smallest absolute Gasteiger partial charge is 0.241 e. The van der Waals surface area contributed by atoms with Crippen LogP contribution < -0.4 is 11.1 Å². The van der Waals surface area contributed by atoms with Crippen LogP contribution in [0.4, 0.5) is 5.69 Å². The molecule has 0 saturated carbocycles. The molecule has 1 aliphatic heterocycles. The minimum atomic E-state index is -0.114. The van der Waals surface area contributed by atoms with Crippen molar-refractivity contribution in [1.29, 1.82) is 0 Å². The molecule has 1 saturated heterocycles. The predicted octanol–water partition coefficient (Wildman–Crippen LogP) is 2.07. The largest absolute Gasteiger partial charge is 0.327 e. The van der Waals surface area contributed by atoms with Gasteiger partial charge in [0.15, 0.2) is 0 Å². The van der Waals surface area contributed by atoms with Crippen LogP contribution in [0.3, 0.4) is 0 Å². The number of nitrogens with one attached hydrogen (secondary N) is 1. The fourth-order valence-corrected chi connectivity index (χ4v) is 2.80. The van der Waals surface area contributed by atoms with Crippen LogP contribution in [0.25, 0.3) is 0 Å². The van der Waals surface area contributed by atoms with E-state index in [1.807, 2.05) is 37.3 Å². The van der Waals surface area contributed by atoms with E-state index in [-0.39, 0.29) is 18.0 Å². The third-order valence-corrected chi connectivity index (χ3v) is 4.32. The van der Waals surface area contributed by atoms with E-state index in [0.717, 1.165) is 31.6 Å². The molecule has 0 spiro atoms. The summed E-state index contributed by atoms with van der Waals surface area (Å²) in [4.78, 5) is 14.6. The van der Waals surface area contributed by atoms with Crippen molar-refractivity contribution in [3.8, 4) is 0 Å². The van der Waals surface area contributed by atoms with Crippen molar-refractivity contribution in [2.75, 3.05) is 18.4 Å². The molecule has 1 fully saturated rings. The van der Waals surface area contributed by atoms with Crippen LogP contribution >= 0.6 is 0 Å². The molecule has 1 aromatic carbocycles. The molecule has 1 heterocycles. The molecule has 4 nitrogen and oxygen atoms in total. The summed E-state index contributed by atoms with van der Waals surface area (Å²) in [5.74, 6) is 0.553. The molecule has 2 rings (SSSR count). The van der Waals surface area contributed by atoms with E-state index in [0.29, 0.717) is 5.92 Å². The number of amides is 1. The summed E-state index contributed by atoms with van der Waals surface area (Å²) in [5.41, 5.74) is 6.98. The zero-order chi connectivity index (χ0) is 14.5. The Morgan fingerprint density at radius 2 is 2.15 bits per heavy atom. The number of nitrogens with two attached hydrogens (primary N) is 1. The van der Waals surface area contributed by atoms with E-state index >= 15 is 0 Å². The molecule has 0 aromatic heterocycles. The first kappa shape index (κ1) is 15.0. The molecular weight excluding hydrogens is 250 g/mol. The van der Waals surface area contributed by atoms with Gasteiger partial charge in [-0.2, -0.15) is 0 Å². The van der Waals surface area contributed by atoms with Crippen molar-refractivity contribution in [2.45, 2.75) is 38.8 Å². The van der Waals surface area contributed by atoms with Crippen LogP contribution in [0.15, 0.2) is 30.3 Å². The molecule has 3 unspecified atom stereocenters. The lowest BCUT2D eigenvalue weighted by molar-refractivity contribution is -0.121. The second kappa shape index (κ2) is 6.86. The summed E-state index contributed by atoms with van der Waals surface area (Å²) in [7, 11) is 0. The molecule has 1 aliphatic rings. The number of likely N-dealkylation sites (tertiary alicyclic amines) is 1. The van der Waals surface area contributed by atoms with Gasteiger partial charge in [-0.25, -0.2) is 0 Å². The van der Waals surface area contributed by atoms with E-state index in [2.05, 4.69) is 17.1 Å². The van der Waals surface area contributed by atoms with Crippen LogP contribution in [0.5, 0.6) is 0 Å². The van der Waals surface area contributed by atoms with Crippen molar-refractivity contribution in [1.82, 2.24) is 4.90 Å². The lowest BCUT2D eigenvalue weighted by Crippen LogP contribution is -2.52. The quantitative estimate of drug-likeness (QED) is 0.884. The summed E-state index contributed by atoms with van der Waals surface area (Å²) in [6.07, 6.45) is 2.05. The third kappa shape index (κ3) is 3.58. The van der Waals surface area contributed by atoms with Gasteiger partial charge in [-0.05, 0) is 31.4 Å². The Labute approximate surface area is 121 Å². The van der Waals surface area contributed by atoms with Gasteiger partial charge < -0.3 is 11.1 Å². The highest BCUT2D eigenvalue weighted by Gasteiger charge is 2.30. The summed E-state index contributed by atoms with van der Waals surface area (Å²) >= 11 is 0. The van der Waals surface area contributed by atoms with E-state index in [1.54, 1.807) is 0 Å². The van der Waals surface area contributed by atoms with Crippen LogP contribution in [-0.2, 0) is 4.79 Å². The summed E-state index contributed by atoms with van der Waals surface area (Å²) in [6, 6.07) is 9.77. The average molecular weight is 275 g/mol. The molecule has 110 valence electrons. The van der Waals surface area contributed by atoms with Gasteiger partial charge in [-0.3, -0.25) is 9.69 Å². The fourth-order valence-electron chi connectivity index (χ4n) is 2.80. The number of piperidine rings is 1. The Morgan fingerprint density at radius 3 is 2.80 bits per heavy atom. The highest BCUT2D eigenvalue weighted by Crippen LogP contribution is 2.20. The first-order valence-corrected chi connectivity index (χ1v) is 7.47. The Balaban J connectivity index is 1.93. The van der Waals surface area contributed by atoms with E-state index in [1.165, 1.54) is 0 Å². The number of carbonyl (C=O) groups excluding carboxylic acids is 1. The van der Waals surface area contributed by atoms with Crippen LogP contribution in [0.1, 0.15) is 26.7 Å². The Kier molecular flexibility index (Phi) is 5.15. The maximum Gasteiger partial charge on any atom is 0.241 e. The first-order chi connectivity index (χ1) is 9.61. The number of carbonyl (C=O) groups is 1. The predicted molar refractivity (Wildman–Crippen MR) is 82.5 cm³/mol. The second-order valence-electron chi connectivity index (χ2n) is 5.65. The van der Waals surface area contributed by atoms with Crippen molar-refractivity contribution in [3.63, 3.8) is 0 Å². The highest BCUT2D eigenvalue weighted by molar-refractivity contribution is 5.94. The van der Waals surface area contributed by atoms with Gasteiger partial charge in [-0.15, -0.1) is 0 Å². The van der Waals surface area contributed by atoms with Gasteiger partial charge in [0.25, 0.3) is 0 Å². The van der Waals surface area contributed by atoms with Gasteiger partial charge in [0, 0.05) is 24.8 Å². The summed E-state index contributed by atoms with van der Waals surface area (Å²) in [6.45, 7) is 5.96. The molecular formula is C16H25N3O. The lowest BCUT2D eigenvalue weighted by Gasteiger charge is -2.39. The number of nitrogens with zero attached hydrogens (tertiary/aromatic N) is 1. The van der Waals surface area contributed by atoms with Gasteiger partial charge in [-0.1, -0.05) is 31.5 Å². The number of anilines is 1. The SMILES string of the molecule is CCC1CN(C(C)C(=O)Nc2ccccc2)CCC1N. The van der Waals surface area contributed by atoms with Crippen molar-refractivity contribution < 1.29 is 4.79 Å². The normalized spacial score (nSPS) is 25.1. The van der Waals surface area contributed by atoms with Gasteiger partial charge in [0.05, 0.1) is 6.04 Å². The molecule has 4 heteroatoms. The van der Waals surface area contributed by atoms with Crippen molar-refractivity contribution >= 4 is 11.6 Å². The monoisotopic (exact) mass is 275 g/mol. The zero-order valence-corrected chi connectivity index (χ0v) is 12.4. The Hall–Kier alpha value is -1.39. The molecule has 0 aliphatic carbocycles. The lowest BCUT2D eigenvalue weighted by atomic mass is 9.90. The molecule has 0 bridgehead atoms. The first-order valence-electron chi connectivity index (χ1n) is 7.47. The standard InChI is InChI=1S/C16H25N3O/c1-3-13-11-19(10-9-15(13)17)12(2)16(20)18-14-7-5-4-6-8-14/h4-8,12-13,15H,3,9-11,17H2,1-2H3,(H,18,20). The summed E-state index contributed by atoms with van der Waals surface area (Å²) < 4.78 is 0. The molecule has 1 aromatic rings. The maximum absolute atomic E-state index is 12.3. The number of hydrogen-bond donors (Lipinski definition) is 2. The minimum Gasteiger partial charge on any atom is -0.327 e. The average Bonchev–Trinajstić information content (AvgIpc) is 2.48. The fraction of sp³-hybridized carbons (Fsp3) is 0.562. The highest BCUT2D eigenvalue weighted by atomic mass is 16.2. The molecule has 1 amide bonds. The van der Waals surface area contributed by atoms with Crippen LogP contribution in [0, 0.1) is 5.92 Å². The van der Waals surface area contributed by atoms with Crippen molar-refractivity contribution in [2.24, 2.45) is 11.7 Å². The van der Waals surface area contributed by atoms with E-state index in [9.17, 15) is 4.79 Å². The second-order valence-corrected chi connectivity index (χ2v) is 5.65. The third-order valence-electron chi connectivity index (χ3n) is 4.32. The van der Waals surface area contributed by atoms with Crippen LogP contribution in [0.2, 0.25) is 0 Å². The van der Waals surface area contributed by atoms with Gasteiger partial charge >= 0.3 is 0 Å². The number of para-hydroxylation sites is 1. The number of hydrogen-bond acceptors (Lipinski definition) is 3. The summed E-state index contributed by atoms with van der Waals surface area (Å²) in [5, 5.41) is 2.97. The molecule has 3 atom stereocenters. The number of benzene rings is 1. The molecule has 0 radical (unpaired) electrons. The van der Waals surface area contributed by atoms with E-state index < -0.39 is 0 Å². The molecule has 20 heavy (non-hydrogen) atoms. The minimum absolute atomic E-state index is 0.0570. The number of rotatable bonds is 4. The molecule has 3 N–H and O–H groups in total. The zero-order valence-electron chi connectivity index (χ0n) is 12.4. The van der Waals surface area contributed by atoms with Gasteiger partial charge in [0.2, 0.25) is 5.91 Å². The Bertz CT molecular complexity index is 435. The van der Waals surface area contributed by atoms with Crippen molar-refractivity contribution in [3.05, 3.63) is 30.3 Å². The van der Waals surface area contributed by atoms with E-state index in [4.69, 9.17) is 5.73 Å².